The summed E-state index contributed by atoms with van der Waals surface area (Å²) in [5, 5.41) is 0. The molecule has 0 aliphatic carbocycles. The molecule has 0 radical (unpaired) electrons. The lowest BCUT2D eigenvalue weighted by molar-refractivity contribution is 0.112. The van der Waals surface area contributed by atoms with Crippen molar-refractivity contribution in [2.45, 2.75) is 4.90 Å². The number of halogens is 1. The van der Waals surface area contributed by atoms with Crippen LogP contribution in [0.25, 0.3) is 0 Å². The van der Waals surface area contributed by atoms with Crippen molar-refractivity contribution in [2.24, 2.45) is 0 Å². The Hall–Kier alpha value is -1.26. The van der Waals surface area contributed by atoms with Crippen molar-refractivity contribution in [2.75, 3.05) is 5.94 Å². The molecule has 0 aliphatic heterocycles. The van der Waals surface area contributed by atoms with Crippen molar-refractivity contribution < 1.29 is 9.53 Å². The zero-order valence-electron chi connectivity index (χ0n) is 9.51. The first-order valence-corrected chi connectivity index (χ1v) is 7.13. The first-order valence-electron chi connectivity index (χ1n) is 5.35. The van der Waals surface area contributed by atoms with Crippen LogP contribution in [0.5, 0.6) is 5.75 Å². The summed E-state index contributed by atoms with van der Waals surface area (Å²) < 4.78 is 6.44. The zero-order valence-corrected chi connectivity index (χ0v) is 11.9. The molecule has 0 saturated heterocycles. The summed E-state index contributed by atoms with van der Waals surface area (Å²) in [6, 6.07) is 15.4. The molecule has 0 amide bonds. The number of ether oxygens (including phenoxy) is 1. The van der Waals surface area contributed by atoms with E-state index in [-0.39, 0.29) is 0 Å². The third-order valence-electron chi connectivity index (χ3n) is 2.30. The van der Waals surface area contributed by atoms with Crippen LogP contribution in [0.2, 0.25) is 0 Å². The summed E-state index contributed by atoms with van der Waals surface area (Å²) in [4.78, 5) is 12.0. The van der Waals surface area contributed by atoms with E-state index in [0.29, 0.717) is 17.3 Å². The van der Waals surface area contributed by atoms with Crippen LogP contribution >= 0.6 is 27.7 Å². The maximum atomic E-state index is 10.9. The van der Waals surface area contributed by atoms with Crippen molar-refractivity contribution in [1.29, 1.82) is 0 Å². The lowest BCUT2D eigenvalue weighted by atomic mass is 10.2. The molecule has 0 unspecified atom stereocenters. The molecule has 2 aromatic carbocycles. The van der Waals surface area contributed by atoms with Gasteiger partial charge in [0.2, 0.25) is 0 Å². The number of hydrogen-bond donors (Lipinski definition) is 0. The molecule has 0 heterocycles. The Bertz CT molecular complexity index is 529. The van der Waals surface area contributed by atoms with E-state index in [4.69, 9.17) is 4.74 Å². The fourth-order valence-electron chi connectivity index (χ4n) is 1.44. The van der Waals surface area contributed by atoms with Crippen molar-refractivity contribution in [1.82, 2.24) is 0 Å². The quantitative estimate of drug-likeness (QED) is 0.464. The summed E-state index contributed by atoms with van der Waals surface area (Å²) in [5.41, 5.74) is 0.554. The normalized spacial score (nSPS) is 10.1. The van der Waals surface area contributed by atoms with Crippen LogP contribution in [-0.2, 0) is 0 Å². The fraction of sp³-hybridized carbons (Fsp3) is 0.0714. The van der Waals surface area contributed by atoms with Gasteiger partial charge in [-0.15, -0.1) is 0 Å². The smallest absolute Gasteiger partial charge is 0.153 e. The van der Waals surface area contributed by atoms with Crippen LogP contribution in [0.15, 0.2) is 57.9 Å². The Morgan fingerprint density at radius 2 is 1.89 bits per heavy atom. The highest BCUT2D eigenvalue weighted by Crippen LogP contribution is 2.29. The predicted octanol–water partition coefficient (Wildman–Crippen LogP) is 4.39. The van der Waals surface area contributed by atoms with E-state index in [0.717, 1.165) is 15.7 Å². The lowest BCUT2D eigenvalue weighted by Crippen LogP contribution is -1.97. The van der Waals surface area contributed by atoms with E-state index < -0.39 is 0 Å². The van der Waals surface area contributed by atoms with Crippen LogP contribution in [0.3, 0.4) is 0 Å². The van der Waals surface area contributed by atoms with Gasteiger partial charge < -0.3 is 4.74 Å². The lowest BCUT2D eigenvalue weighted by Gasteiger charge is -2.09. The summed E-state index contributed by atoms with van der Waals surface area (Å²) >= 11 is 4.97. The molecule has 0 atom stereocenters. The van der Waals surface area contributed by atoms with Crippen molar-refractivity contribution in [3.8, 4) is 5.75 Å². The van der Waals surface area contributed by atoms with E-state index in [9.17, 15) is 4.79 Å². The van der Waals surface area contributed by atoms with Gasteiger partial charge in [-0.05, 0) is 40.2 Å². The van der Waals surface area contributed by atoms with E-state index in [1.165, 1.54) is 0 Å². The second kappa shape index (κ2) is 6.61. The molecule has 0 bridgehead atoms. The second-order valence-electron chi connectivity index (χ2n) is 3.50. The molecular weight excluding hydrogens is 312 g/mol. The van der Waals surface area contributed by atoms with Crippen LogP contribution in [0.1, 0.15) is 10.4 Å². The average molecular weight is 323 g/mol. The second-order valence-corrected chi connectivity index (χ2v) is 5.35. The van der Waals surface area contributed by atoms with Crippen molar-refractivity contribution in [3.05, 3.63) is 58.6 Å². The molecule has 0 aromatic heterocycles. The standard InChI is InChI=1S/C14H11BrO2S/c15-13-8-4-5-11(9-16)14(13)17-10-18-12-6-2-1-3-7-12/h1-9H,10H2. The Labute approximate surface area is 118 Å². The third-order valence-corrected chi connectivity index (χ3v) is 3.76. The summed E-state index contributed by atoms with van der Waals surface area (Å²) in [6.07, 6.45) is 0.799. The SMILES string of the molecule is O=Cc1cccc(Br)c1OCSc1ccccc1. The molecule has 0 saturated carbocycles. The summed E-state index contributed by atoms with van der Waals surface area (Å²) in [6.45, 7) is 0. The minimum Gasteiger partial charge on any atom is -0.481 e. The minimum atomic E-state index is 0.466. The van der Waals surface area contributed by atoms with Crippen LogP contribution < -0.4 is 4.74 Å². The molecule has 0 N–H and O–H groups in total. The number of rotatable bonds is 5. The number of carbonyl (C=O) groups excluding carboxylic acids is 1. The largest absolute Gasteiger partial charge is 0.481 e. The number of para-hydroxylation sites is 1. The number of aldehydes is 1. The van der Waals surface area contributed by atoms with Gasteiger partial charge in [0.1, 0.15) is 11.7 Å². The average Bonchev–Trinajstić information content (AvgIpc) is 2.41. The molecule has 92 valence electrons. The zero-order chi connectivity index (χ0) is 12.8. The van der Waals surface area contributed by atoms with Crippen molar-refractivity contribution in [3.63, 3.8) is 0 Å². The molecular formula is C14H11BrO2S. The van der Waals surface area contributed by atoms with Gasteiger partial charge >= 0.3 is 0 Å². The molecule has 2 nitrogen and oxygen atoms in total. The van der Waals surface area contributed by atoms with Crippen LogP contribution in [0, 0.1) is 0 Å². The van der Waals surface area contributed by atoms with E-state index in [2.05, 4.69) is 15.9 Å². The minimum absolute atomic E-state index is 0.466. The monoisotopic (exact) mass is 322 g/mol. The van der Waals surface area contributed by atoms with E-state index >= 15 is 0 Å². The summed E-state index contributed by atoms with van der Waals surface area (Å²) in [7, 11) is 0. The molecule has 2 aromatic rings. The van der Waals surface area contributed by atoms with Gasteiger partial charge in [-0.2, -0.15) is 0 Å². The molecule has 0 aliphatic rings. The first kappa shape index (κ1) is 13.2. The number of thioether (sulfide) groups is 1. The molecule has 18 heavy (non-hydrogen) atoms. The number of carbonyl (C=O) groups is 1. The van der Waals surface area contributed by atoms with Gasteiger partial charge in [-0.3, -0.25) is 4.79 Å². The molecule has 4 heteroatoms. The third kappa shape index (κ3) is 3.37. The Morgan fingerprint density at radius 1 is 1.11 bits per heavy atom. The van der Waals surface area contributed by atoms with Crippen LogP contribution in [-0.4, -0.2) is 12.2 Å². The predicted molar refractivity (Wildman–Crippen MR) is 77.3 cm³/mol. The van der Waals surface area contributed by atoms with Gasteiger partial charge in [0.15, 0.2) is 6.29 Å². The summed E-state index contributed by atoms with van der Waals surface area (Å²) in [5.74, 6) is 1.06. The number of benzene rings is 2. The van der Waals surface area contributed by atoms with Crippen LogP contribution in [0.4, 0.5) is 0 Å². The molecule has 0 fully saturated rings. The fourth-order valence-corrected chi connectivity index (χ4v) is 2.60. The highest BCUT2D eigenvalue weighted by Gasteiger charge is 2.07. The highest BCUT2D eigenvalue weighted by molar-refractivity contribution is 9.10. The van der Waals surface area contributed by atoms with Gasteiger partial charge in [0.05, 0.1) is 10.0 Å². The Balaban J connectivity index is 2.00. The number of hydrogen-bond acceptors (Lipinski definition) is 3. The highest BCUT2D eigenvalue weighted by atomic mass is 79.9. The topological polar surface area (TPSA) is 26.3 Å². The molecule has 0 spiro atoms. The van der Waals surface area contributed by atoms with Gasteiger partial charge in [-0.1, -0.05) is 36.0 Å². The maximum absolute atomic E-state index is 10.9. The Kier molecular flexibility index (Phi) is 4.84. The first-order chi connectivity index (χ1) is 8.81. The van der Waals surface area contributed by atoms with Gasteiger partial charge in [0, 0.05) is 4.90 Å². The van der Waals surface area contributed by atoms with Crippen molar-refractivity contribution >= 4 is 34.0 Å². The van der Waals surface area contributed by atoms with E-state index in [1.54, 1.807) is 17.8 Å². The Morgan fingerprint density at radius 3 is 2.61 bits per heavy atom. The maximum Gasteiger partial charge on any atom is 0.153 e. The molecule has 2 rings (SSSR count). The van der Waals surface area contributed by atoms with E-state index in [1.807, 2.05) is 42.5 Å². The van der Waals surface area contributed by atoms with Gasteiger partial charge in [-0.25, -0.2) is 0 Å². The van der Waals surface area contributed by atoms with Gasteiger partial charge in [0.25, 0.3) is 0 Å².